The topological polar surface area (TPSA) is 57.2 Å². The second-order valence-corrected chi connectivity index (χ2v) is 3.57. The summed E-state index contributed by atoms with van der Waals surface area (Å²) in [5, 5.41) is 0. The molecule has 0 fully saturated rings. The van der Waals surface area contributed by atoms with Gasteiger partial charge in [-0.15, -0.1) is 0 Å². The third-order valence-corrected chi connectivity index (χ3v) is 2.36. The van der Waals surface area contributed by atoms with Crippen molar-refractivity contribution >= 4 is 10.1 Å². The van der Waals surface area contributed by atoms with Gasteiger partial charge in [-0.2, -0.15) is 0 Å². The molecule has 3 nitrogen and oxygen atoms in total. The Balaban J connectivity index is 0.00000121. The van der Waals surface area contributed by atoms with Crippen LogP contribution in [0.3, 0.4) is 0 Å². The van der Waals surface area contributed by atoms with E-state index >= 15 is 0 Å². The maximum absolute atomic E-state index is 10.5. The molecule has 0 heterocycles. The van der Waals surface area contributed by atoms with Crippen molar-refractivity contribution in [3.63, 3.8) is 0 Å². The SMILES string of the molecule is Cc1ccccc1S(=O)(=O)[O-].[Hg+]. The largest absolute Gasteiger partial charge is 1.00 e. The van der Waals surface area contributed by atoms with Gasteiger partial charge in [0.25, 0.3) is 0 Å². The van der Waals surface area contributed by atoms with E-state index < -0.39 is 10.1 Å². The average molecular weight is 372 g/mol. The van der Waals surface area contributed by atoms with Crippen LogP contribution in [0.1, 0.15) is 5.56 Å². The van der Waals surface area contributed by atoms with Crippen molar-refractivity contribution in [1.82, 2.24) is 0 Å². The molecule has 0 amide bonds. The van der Waals surface area contributed by atoms with Crippen LogP contribution in [0.25, 0.3) is 0 Å². The fourth-order valence-electron chi connectivity index (χ4n) is 0.837. The molecule has 0 saturated carbocycles. The third kappa shape index (κ3) is 2.84. The number of hydrogen-bond acceptors (Lipinski definition) is 3. The summed E-state index contributed by atoms with van der Waals surface area (Å²) < 4.78 is 31.5. The molecular weight excluding hydrogens is 365 g/mol. The molecule has 0 aliphatic heterocycles. The van der Waals surface area contributed by atoms with E-state index in [1.54, 1.807) is 19.1 Å². The van der Waals surface area contributed by atoms with Crippen molar-refractivity contribution in [2.75, 3.05) is 0 Å². The normalized spacial score (nSPS) is 10.5. The molecule has 5 heteroatoms. The van der Waals surface area contributed by atoms with Crippen LogP contribution in [0.4, 0.5) is 0 Å². The Morgan fingerprint density at radius 3 is 2.08 bits per heavy atom. The maximum atomic E-state index is 10.5. The Hall–Kier alpha value is 0.0651. The van der Waals surface area contributed by atoms with Gasteiger partial charge >= 0.3 is 27.7 Å². The first kappa shape index (κ1) is 12.1. The van der Waals surface area contributed by atoms with Gasteiger partial charge in [0.2, 0.25) is 0 Å². The minimum atomic E-state index is -4.28. The van der Waals surface area contributed by atoms with Gasteiger partial charge in [-0.1, -0.05) is 18.2 Å². The van der Waals surface area contributed by atoms with E-state index in [9.17, 15) is 13.0 Å². The zero-order valence-corrected chi connectivity index (χ0v) is 13.0. The first-order valence-corrected chi connectivity index (χ1v) is 4.44. The van der Waals surface area contributed by atoms with Crippen LogP contribution in [0.15, 0.2) is 29.2 Å². The van der Waals surface area contributed by atoms with Crippen molar-refractivity contribution < 1.29 is 40.6 Å². The van der Waals surface area contributed by atoms with Gasteiger partial charge in [0.1, 0.15) is 10.1 Å². The summed E-state index contributed by atoms with van der Waals surface area (Å²) in [6.45, 7) is 1.59. The van der Waals surface area contributed by atoms with Crippen LogP contribution in [0, 0.1) is 6.92 Å². The van der Waals surface area contributed by atoms with Crippen LogP contribution < -0.4 is 0 Å². The monoisotopic (exact) mass is 373 g/mol. The van der Waals surface area contributed by atoms with Crippen molar-refractivity contribution in [3.8, 4) is 0 Å². The maximum Gasteiger partial charge on any atom is 1.00 e. The van der Waals surface area contributed by atoms with Crippen LogP contribution >= 0.6 is 0 Å². The van der Waals surface area contributed by atoms with Crippen LogP contribution in [-0.2, 0) is 37.8 Å². The van der Waals surface area contributed by atoms with Crippen molar-refractivity contribution in [3.05, 3.63) is 29.8 Å². The Morgan fingerprint density at radius 1 is 1.25 bits per heavy atom. The van der Waals surface area contributed by atoms with E-state index in [0.717, 1.165) is 0 Å². The van der Waals surface area contributed by atoms with E-state index in [-0.39, 0.29) is 32.6 Å². The number of hydrogen-bond donors (Lipinski definition) is 0. The molecule has 0 unspecified atom stereocenters. The summed E-state index contributed by atoms with van der Waals surface area (Å²) >= 11 is 0. The minimum absolute atomic E-state index is 0. The van der Waals surface area contributed by atoms with E-state index in [0.29, 0.717) is 5.56 Å². The second-order valence-electron chi connectivity index (χ2n) is 2.22. The second kappa shape index (κ2) is 4.34. The summed E-state index contributed by atoms with van der Waals surface area (Å²) in [6.07, 6.45) is 0. The quantitative estimate of drug-likeness (QED) is 0.544. The summed E-state index contributed by atoms with van der Waals surface area (Å²) in [5.74, 6) is 0. The first-order chi connectivity index (χ1) is 5.02. The standard InChI is InChI=1S/C7H8O3S.Hg/c1-6-4-2-3-5-7(6)11(8,9)10;/h2-5H,1H3,(H,8,9,10);/q;+1/p-1. The van der Waals surface area contributed by atoms with Gasteiger partial charge in [0, 0.05) is 0 Å². The molecule has 0 aromatic heterocycles. The van der Waals surface area contributed by atoms with Crippen LogP contribution in [0.5, 0.6) is 0 Å². The van der Waals surface area contributed by atoms with Crippen LogP contribution in [-0.4, -0.2) is 13.0 Å². The van der Waals surface area contributed by atoms with Crippen molar-refractivity contribution in [2.24, 2.45) is 0 Å². The Labute approximate surface area is 92.1 Å². The van der Waals surface area contributed by atoms with E-state index in [1.807, 2.05) is 0 Å². The third-order valence-electron chi connectivity index (χ3n) is 1.36. The van der Waals surface area contributed by atoms with E-state index in [1.165, 1.54) is 12.1 Å². The summed E-state index contributed by atoms with van der Waals surface area (Å²) in [4.78, 5) is -0.139. The number of benzene rings is 1. The predicted molar refractivity (Wildman–Crippen MR) is 39.1 cm³/mol. The molecule has 0 bridgehead atoms. The van der Waals surface area contributed by atoms with Gasteiger partial charge in [-0.05, 0) is 18.6 Å². The summed E-state index contributed by atoms with van der Waals surface area (Å²) in [6, 6.07) is 6.10. The number of rotatable bonds is 1. The fraction of sp³-hybridized carbons (Fsp3) is 0.143. The summed E-state index contributed by atoms with van der Waals surface area (Å²) in [7, 11) is -4.28. The predicted octanol–water partition coefficient (Wildman–Crippen LogP) is 0.897. The van der Waals surface area contributed by atoms with Gasteiger partial charge in [0.15, 0.2) is 0 Å². The van der Waals surface area contributed by atoms with Gasteiger partial charge in [-0.3, -0.25) is 0 Å². The molecule has 0 spiro atoms. The minimum Gasteiger partial charge on any atom is -0.744 e. The Kier molecular flexibility index (Phi) is 4.37. The Bertz CT molecular complexity index is 359. The average Bonchev–Trinajstić information content (AvgIpc) is 1.86. The number of aryl methyl sites for hydroxylation is 1. The molecule has 0 N–H and O–H groups in total. The molecule has 1 rings (SSSR count). The first-order valence-electron chi connectivity index (χ1n) is 3.03. The molecule has 1 aromatic rings. The molecule has 1 aromatic carbocycles. The fourth-order valence-corrected chi connectivity index (χ4v) is 1.54. The Morgan fingerprint density at radius 2 is 1.75 bits per heavy atom. The molecule has 0 saturated heterocycles. The van der Waals surface area contributed by atoms with E-state index in [2.05, 4.69) is 0 Å². The zero-order valence-electron chi connectivity index (χ0n) is 6.65. The molecule has 0 atom stereocenters. The van der Waals surface area contributed by atoms with Gasteiger partial charge in [-0.25, -0.2) is 8.42 Å². The molecule has 61 valence electrons. The van der Waals surface area contributed by atoms with Gasteiger partial charge < -0.3 is 4.55 Å². The van der Waals surface area contributed by atoms with Crippen LogP contribution in [0.2, 0.25) is 0 Å². The van der Waals surface area contributed by atoms with E-state index in [4.69, 9.17) is 0 Å². The molecular formula is C7H7HgO3S. The molecule has 12 heavy (non-hydrogen) atoms. The molecule has 0 aliphatic rings. The molecule has 1 radical (unpaired) electrons. The smallest absolute Gasteiger partial charge is 0.744 e. The van der Waals surface area contributed by atoms with Crippen molar-refractivity contribution in [1.29, 1.82) is 0 Å². The molecule has 0 aliphatic carbocycles. The summed E-state index contributed by atoms with van der Waals surface area (Å²) in [5.41, 5.74) is 0.488. The van der Waals surface area contributed by atoms with Gasteiger partial charge in [0.05, 0.1) is 4.90 Å². The van der Waals surface area contributed by atoms with Crippen molar-refractivity contribution in [2.45, 2.75) is 11.8 Å². The zero-order chi connectivity index (χ0) is 8.48.